The Bertz CT molecular complexity index is 341. The third-order valence-corrected chi connectivity index (χ3v) is 3.71. The highest BCUT2D eigenvalue weighted by molar-refractivity contribution is 5.08. The maximum atomic E-state index is 5.63. The van der Waals surface area contributed by atoms with Crippen LogP contribution in [0, 0.1) is 0 Å². The van der Waals surface area contributed by atoms with Crippen molar-refractivity contribution < 1.29 is 0 Å². The number of piperidine rings is 1. The molecule has 0 aromatic carbocycles. The van der Waals surface area contributed by atoms with E-state index in [1.165, 1.54) is 24.9 Å². The van der Waals surface area contributed by atoms with Crippen LogP contribution in [0.5, 0.6) is 0 Å². The molecule has 4 nitrogen and oxygen atoms in total. The van der Waals surface area contributed by atoms with E-state index in [0.29, 0.717) is 6.04 Å². The van der Waals surface area contributed by atoms with Gasteiger partial charge in [0.2, 0.25) is 0 Å². The number of rotatable bonds is 5. The standard InChI is InChI=1S/C14H24N4/c1-17(9-6-15)14-5-3-8-18(12-14)11-13-4-2-7-16-10-13/h2,4,7,10,14H,3,5-6,8-9,11-12,15H2,1H3. The number of likely N-dealkylation sites (tertiary alicyclic amines) is 1. The van der Waals surface area contributed by atoms with Gasteiger partial charge in [0.1, 0.15) is 0 Å². The zero-order chi connectivity index (χ0) is 12.8. The Kier molecular flexibility index (Phi) is 5.11. The third-order valence-electron chi connectivity index (χ3n) is 3.71. The van der Waals surface area contributed by atoms with Gasteiger partial charge in [-0.1, -0.05) is 6.07 Å². The molecule has 0 amide bonds. The van der Waals surface area contributed by atoms with Crippen LogP contribution in [0.2, 0.25) is 0 Å². The molecule has 2 rings (SSSR count). The molecule has 18 heavy (non-hydrogen) atoms. The molecule has 1 atom stereocenters. The van der Waals surface area contributed by atoms with Crippen molar-refractivity contribution in [3.05, 3.63) is 30.1 Å². The largest absolute Gasteiger partial charge is 0.329 e. The first kappa shape index (κ1) is 13.5. The molecule has 0 saturated carbocycles. The van der Waals surface area contributed by atoms with Gasteiger partial charge >= 0.3 is 0 Å². The molecule has 0 spiro atoms. The minimum atomic E-state index is 0.652. The Morgan fingerprint density at radius 2 is 2.44 bits per heavy atom. The maximum Gasteiger partial charge on any atom is 0.0312 e. The first-order valence-electron chi connectivity index (χ1n) is 6.81. The lowest BCUT2D eigenvalue weighted by Crippen LogP contribution is -2.47. The SMILES string of the molecule is CN(CCN)C1CCCN(Cc2cccnc2)C1. The van der Waals surface area contributed by atoms with Gasteiger partial charge in [0, 0.05) is 44.6 Å². The summed E-state index contributed by atoms with van der Waals surface area (Å²) in [7, 11) is 2.19. The first-order valence-corrected chi connectivity index (χ1v) is 6.81. The van der Waals surface area contributed by atoms with Crippen LogP contribution in [0.15, 0.2) is 24.5 Å². The molecule has 1 fully saturated rings. The van der Waals surface area contributed by atoms with Crippen molar-refractivity contribution in [1.29, 1.82) is 0 Å². The van der Waals surface area contributed by atoms with E-state index in [1.807, 2.05) is 18.5 Å². The van der Waals surface area contributed by atoms with Crippen LogP contribution in [0.25, 0.3) is 0 Å². The number of nitrogens with two attached hydrogens (primary N) is 1. The highest BCUT2D eigenvalue weighted by atomic mass is 15.2. The summed E-state index contributed by atoms with van der Waals surface area (Å²) in [4.78, 5) is 9.10. The van der Waals surface area contributed by atoms with Crippen molar-refractivity contribution in [2.24, 2.45) is 5.73 Å². The molecule has 1 saturated heterocycles. The highest BCUT2D eigenvalue weighted by Gasteiger charge is 2.22. The Balaban J connectivity index is 1.87. The van der Waals surface area contributed by atoms with Gasteiger partial charge in [0.25, 0.3) is 0 Å². The second kappa shape index (κ2) is 6.83. The van der Waals surface area contributed by atoms with Gasteiger partial charge in [0.05, 0.1) is 0 Å². The average Bonchev–Trinajstić information content (AvgIpc) is 2.40. The molecule has 1 unspecified atom stereocenters. The number of pyridine rings is 1. The second-order valence-electron chi connectivity index (χ2n) is 5.16. The quantitative estimate of drug-likeness (QED) is 0.842. The maximum absolute atomic E-state index is 5.63. The summed E-state index contributed by atoms with van der Waals surface area (Å²) < 4.78 is 0. The molecule has 4 heteroatoms. The molecule has 0 radical (unpaired) electrons. The lowest BCUT2D eigenvalue weighted by Gasteiger charge is -2.37. The van der Waals surface area contributed by atoms with Crippen LogP contribution in [0.3, 0.4) is 0 Å². The molecule has 1 aromatic rings. The van der Waals surface area contributed by atoms with Crippen molar-refractivity contribution in [3.63, 3.8) is 0 Å². The van der Waals surface area contributed by atoms with Crippen molar-refractivity contribution in [1.82, 2.24) is 14.8 Å². The van der Waals surface area contributed by atoms with Crippen LogP contribution in [0.4, 0.5) is 0 Å². The van der Waals surface area contributed by atoms with E-state index in [-0.39, 0.29) is 0 Å². The van der Waals surface area contributed by atoms with E-state index in [9.17, 15) is 0 Å². The van der Waals surface area contributed by atoms with Gasteiger partial charge in [0.15, 0.2) is 0 Å². The normalized spacial score (nSPS) is 21.4. The van der Waals surface area contributed by atoms with Crippen LogP contribution < -0.4 is 5.73 Å². The Hall–Kier alpha value is -0.970. The fraction of sp³-hybridized carbons (Fsp3) is 0.643. The van der Waals surface area contributed by atoms with E-state index in [0.717, 1.165) is 26.2 Å². The van der Waals surface area contributed by atoms with Gasteiger partial charge in [-0.25, -0.2) is 0 Å². The second-order valence-corrected chi connectivity index (χ2v) is 5.16. The molecule has 1 aliphatic rings. The van der Waals surface area contributed by atoms with E-state index >= 15 is 0 Å². The zero-order valence-electron chi connectivity index (χ0n) is 11.3. The molecule has 0 aliphatic carbocycles. The number of nitrogens with zero attached hydrogens (tertiary/aromatic N) is 3. The Morgan fingerprint density at radius 3 is 3.17 bits per heavy atom. The predicted molar refractivity (Wildman–Crippen MR) is 74.2 cm³/mol. The smallest absolute Gasteiger partial charge is 0.0312 e. The molecule has 2 N–H and O–H groups in total. The Morgan fingerprint density at radius 1 is 1.56 bits per heavy atom. The minimum Gasteiger partial charge on any atom is -0.329 e. The summed E-state index contributed by atoms with van der Waals surface area (Å²) in [6.45, 7) is 5.09. The summed E-state index contributed by atoms with van der Waals surface area (Å²) >= 11 is 0. The predicted octanol–water partition coefficient (Wildman–Crippen LogP) is 0.937. The van der Waals surface area contributed by atoms with Gasteiger partial charge in [-0.2, -0.15) is 0 Å². The molecule has 100 valence electrons. The fourth-order valence-corrected chi connectivity index (χ4v) is 2.67. The van der Waals surface area contributed by atoms with Crippen LogP contribution in [0.1, 0.15) is 18.4 Å². The van der Waals surface area contributed by atoms with Gasteiger partial charge in [-0.05, 0) is 38.1 Å². The van der Waals surface area contributed by atoms with E-state index in [1.54, 1.807) is 0 Å². The fourth-order valence-electron chi connectivity index (χ4n) is 2.67. The van der Waals surface area contributed by atoms with Crippen molar-refractivity contribution in [2.75, 3.05) is 33.2 Å². The number of hydrogen-bond donors (Lipinski definition) is 1. The molecule has 1 aromatic heterocycles. The van der Waals surface area contributed by atoms with Crippen molar-refractivity contribution in [3.8, 4) is 0 Å². The third kappa shape index (κ3) is 3.77. The number of aromatic nitrogens is 1. The molecule has 1 aliphatic heterocycles. The summed E-state index contributed by atoms with van der Waals surface area (Å²) in [5, 5.41) is 0. The lowest BCUT2D eigenvalue weighted by molar-refractivity contribution is 0.113. The van der Waals surface area contributed by atoms with Crippen LogP contribution >= 0.6 is 0 Å². The highest BCUT2D eigenvalue weighted by Crippen LogP contribution is 2.16. The van der Waals surface area contributed by atoms with E-state index in [2.05, 4.69) is 27.9 Å². The lowest BCUT2D eigenvalue weighted by atomic mass is 10.0. The molecular weight excluding hydrogens is 224 g/mol. The minimum absolute atomic E-state index is 0.652. The average molecular weight is 248 g/mol. The van der Waals surface area contributed by atoms with E-state index in [4.69, 9.17) is 5.73 Å². The Labute approximate surface area is 110 Å². The van der Waals surface area contributed by atoms with Gasteiger partial charge < -0.3 is 10.6 Å². The van der Waals surface area contributed by atoms with Crippen molar-refractivity contribution >= 4 is 0 Å². The summed E-state index contributed by atoms with van der Waals surface area (Å²) in [5.74, 6) is 0. The topological polar surface area (TPSA) is 45.4 Å². The molecule has 0 bridgehead atoms. The van der Waals surface area contributed by atoms with Crippen LogP contribution in [-0.4, -0.2) is 54.1 Å². The number of likely N-dealkylation sites (N-methyl/N-ethyl adjacent to an activating group) is 1. The summed E-state index contributed by atoms with van der Waals surface area (Å²) in [6, 6.07) is 4.82. The number of hydrogen-bond acceptors (Lipinski definition) is 4. The monoisotopic (exact) mass is 248 g/mol. The van der Waals surface area contributed by atoms with E-state index < -0.39 is 0 Å². The van der Waals surface area contributed by atoms with Gasteiger partial charge in [-0.15, -0.1) is 0 Å². The van der Waals surface area contributed by atoms with Gasteiger partial charge in [-0.3, -0.25) is 9.88 Å². The van der Waals surface area contributed by atoms with Crippen molar-refractivity contribution in [2.45, 2.75) is 25.4 Å². The van der Waals surface area contributed by atoms with Crippen LogP contribution in [-0.2, 0) is 6.54 Å². The molecule has 2 heterocycles. The molecular formula is C14H24N4. The summed E-state index contributed by atoms with van der Waals surface area (Å²) in [6.07, 6.45) is 6.37. The zero-order valence-corrected chi connectivity index (χ0v) is 11.3. The first-order chi connectivity index (χ1) is 8.79. The summed E-state index contributed by atoms with van der Waals surface area (Å²) in [5.41, 5.74) is 6.94.